The molecule has 0 saturated carbocycles. The molecule has 5 heteroatoms. The minimum atomic E-state index is -1.27. The lowest BCUT2D eigenvalue weighted by molar-refractivity contribution is -0.618. The van der Waals surface area contributed by atoms with Crippen LogP contribution in [0.1, 0.15) is 34.1 Å². The molecule has 1 aliphatic carbocycles. The maximum Gasteiger partial charge on any atom is 0.402 e. The Balaban J connectivity index is 2.48. The Labute approximate surface area is 103 Å². The van der Waals surface area contributed by atoms with Crippen LogP contribution in [0.3, 0.4) is 0 Å². The van der Waals surface area contributed by atoms with Crippen molar-refractivity contribution in [1.82, 2.24) is 0 Å². The zero-order chi connectivity index (χ0) is 13.3. The van der Waals surface area contributed by atoms with Gasteiger partial charge in [-0.3, -0.25) is 0 Å². The van der Waals surface area contributed by atoms with Crippen LogP contribution in [-0.2, 0) is 0 Å². The van der Waals surface area contributed by atoms with Gasteiger partial charge in [-0.25, -0.2) is 9.18 Å². The van der Waals surface area contributed by atoms with Crippen molar-refractivity contribution in [2.75, 3.05) is 0 Å². The third-order valence-corrected chi connectivity index (χ3v) is 2.96. The normalized spacial score (nSPS) is 18.6. The molecule has 0 amide bonds. The van der Waals surface area contributed by atoms with Gasteiger partial charge in [0.2, 0.25) is 5.69 Å². The summed E-state index contributed by atoms with van der Waals surface area (Å²) >= 11 is 0. The van der Waals surface area contributed by atoms with E-state index >= 15 is 0 Å². The minimum Gasteiger partial charge on any atom is -0.618 e. The van der Waals surface area contributed by atoms with Crippen LogP contribution in [0.25, 0.3) is 0 Å². The molecule has 1 aliphatic rings. The number of hydrogen-bond acceptors (Lipinski definition) is 2. The predicted octanol–water partition coefficient (Wildman–Crippen LogP) is 2.22. The van der Waals surface area contributed by atoms with Gasteiger partial charge < -0.3 is 10.3 Å². The van der Waals surface area contributed by atoms with E-state index in [0.717, 1.165) is 0 Å². The largest absolute Gasteiger partial charge is 0.618 e. The number of carboxylic acid groups (broad SMARTS) is 1. The van der Waals surface area contributed by atoms with Gasteiger partial charge in [0.05, 0.1) is 5.92 Å². The molecule has 1 atom stereocenters. The van der Waals surface area contributed by atoms with Crippen LogP contribution in [0.5, 0.6) is 0 Å². The molecule has 1 heterocycles. The second kappa shape index (κ2) is 4.60. The summed E-state index contributed by atoms with van der Waals surface area (Å²) < 4.78 is 13.3. The van der Waals surface area contributed by atoms with Gasteiger partial charge in [-0.05, 0) is 31.6 Å². The molecule has 1 aromatic rings. The highest BCUT2D eigenvalue weighted by molar-refractivity contribution is 5.83. The van der Waals surface area contributed by atoms with Crippen molar-refractivity contribution in [3.63, 3.8) is 0 Å². The quantitative estimate of drug-likeness (QED) is 0.645. The highest BCUT2D eigenvalue weighted by Crippen LogP contribution is 2.27. The van der Waals surface area contributed by atoms with E-state index in [-0.39, 0.29) is 17.4 Å². The van der Waals surface area contributed by atoms with Crippen LogP contribution in [0.15, 0.2) is 36.2 Å². The molecule has 2 rings (SSSR count). The number of aromatic carboxylic acids is 1. The average Bonchev–Trinajstić information content (AvgIpc) is 2.31. The standard InChI is InChI=1S/C13H12FNO3/c1-8-2-7-11(13(16)17)15(18)12(8)9-3-5-10(14)6-4-9/h2-3,5-7,9H,4H2,1H3,(H,16,17). The van der Waals surface area contributed by atoms with E-state index in [2.05, 4.69) is 0 Å². The van der Waals surface area contributed by atoms with Gasteiger partial charge in [-0.2, -0.15) is 4.73 Å². The lowest BCUT2D eigenvalue weighted by Gasteiger charge is -2.16. The molecular formula is C13H12FNO3. The first-order valence-corrected chi connectivity index (χ1v) is 5.51. The molecule has 4 nitrogen and oxygen atoms in total. The maximum atomic E-state index is 12.9. The molecule has 0 aliphatic heterocycles. The summed E-state index contributed by atoms with van der Waals surface area (Å²) in [6, 6.07) is 2.87. The average molecular weight is 249 g/mol. The Morgan fingerprint density at radius 2 is 2.28 bits per heavy atom. The number of allylic oxidation sites excluding steroid dienone is 4. The highest BCUT2D eigenvalue weighted by atomic mass is 19.1. The fourth-order valence-electron chi connectivity index (χ4n) is 2.05. The van der Waals surface area contributed by atoms with Gasteiger partial charge in [0.1, 0.15) is 5.83 Å². The van der Waals surface area contributed by atoms with Gasteiger partial charge >= 0.3 is 11.7 Å². The third kappa shape index (κ3) is 2.11. The monoisotopic (exact) mass is 249 g/mol. The van der Waals surface area contributed by atoms with E-state index in [4.69, 9.17) is 5.11 Å². The zero-order valence-electron chi connectivity index (χ0n) is 9.76. The lowest BCUT2D eigenvalue weighted by Crippen LogP contribution is -2.41. The van der Waals surface area contributed by atoms with E-state index in [9.17, 15) is 14.4 Å². The van der Waals surface area contributed by atoms with Crippen molar-refractivity contribution in [1.29, 1.82) is 0 Å². The number of carbonyl (C=O) groups is 1. The Hall–Kier alpha value is -2.17. The zero-order valence-corrected chi connectivity index (χ0v) is 9.76. The van der Waals surface area contributed by atoms with Gasteiger partial charge in [-0.15, -0.1) is 0 Å². The van der Waals surface area contributed by atoms with E-state index in [1.54, 1.807) is 19.1 Å². The molecular weight excluding hydrogens is 237 g/mol. The fourth-order valence-corrected chi connectivity index (χ4v) is 2.05. The van der Waals surface area contributed by atoms with E-state index in [0.29, 0.717) is 22.4 Å². The number of pyridine rings is 1. The third-order valence-electron chi connectivity index (χ3n) is 2.96. The Bertz CT molecular complexity index is 564. The number of aryl methyl sites for hydroxylation is 1. The van der Waals surface area contributed by atoms with Crippen molar-refractivity contribution in [2.45, 2.75) is 19.3 Å². The first-order valence-electron chi connectivity index (χ1n) is 5.51. The fraction of sp³-hybridized carbons (Fsp3) is 0.231. The number of rotatable bonds is 2. The molecule has 0 fully saturated rings. The van der Waals surface area contributed by atoms with Gasteiger partial charge in [0.25, 0.3) is 0 Å². The van der Waals surface area contributed by atoms with Crippen molar-refractivity contribution in [3.8, 4) is 0 Å². The number of halogens is 1. The Morgan fingerprint density at radius 1 is 1.56 bits per heavy atom. The summed E-state index contributed by atoms with van der Waals surface area (Å²) in [4.78, 5) is 10.9. The van der Waals surface area contributed by atoms with Gasteiger partial charge in [0, 0.05) is 11.6 Å². The van der Waals surface area contributed by atoms with Crippen LogP contribution in [0.2, 0.25) is 0 Å². The molecule has 0 aromatic carbocycles. The van der Waals surface area contributed by atoms with Crippen LogP contribution < -0.4 is 4.73 Å². The molecule has 0 saturated heterocycles. The topological polar surface area (TPSA) is 64.2 Å². The van der Waals surface area contributed by atoms with Crippen LogP contribution in [0.4, 0.5) is 4.39 Å². The maximum absolute atomic E-state index is 12.9. The molecule has 0 bridgehead atoms. The van der Waals surface area contributed by atoms with Crippen LogP contribution in [-0.4, -0.2) is 11.1 Å². The van der Waals surface area contributed by atoms with E-state index < -0.39 is 5.97 Å². The summed E-state index contributed by atoms with van der Waals surface area (Å²) in [5, 5.41) is 20.9. The second-order valence-corrected chi connectivity index (χ2v) is 4.18. The predicted molar refractivity (Wildman–Crippen MR) is 62.8 cm³/mol. The van der Waals surface area contributed by atoms with Crippen LogP contribution >= 0.6 is 0 Å². The molecule has 94 valence electrons. The molecule has 18 heavy (non-hydrogen) atoms. The lowest BCUT2D eigenvalue weighted by atomic mass is 9.93. The first-order chi connectivity index (χ1) is 8.50. The van der Waals surface area contributed by atoms with Crippen molar-refractivity contribution in [3.05, 3.63) is 58.3 Å². The molecule has 1 aromatic heterocycles. The number of nitrogens with zero attached hydrogens (tertiary/aromatic N) is 1. The molecule has 1 N–H and O–H groups in total. The SMILES string of the molecule is Cc1ccc(C(=O)O)[n+]([O-])c1C1C=CC(F)=CC1. The molecule has 0 spiro atoms. The number of aromatic nitrogens is 1. The minimum absolute atomic E-state index is 0.290. The summed E-state index contributed by atoms with van der Waals surface area (Å²) in [7, 11) is 0. The number of carboxylic acids is 1. The summed E-state index contributed by atoms with van der Waals surface area (Å²) in [6.07, 6.45) is 4.62. The van der Waals surface area contributed by atoms with Crippen LogP contribution in [0, 0.1) is 12.1 Å². The van der Waals surface area contributed by atoms with Crippen molar-refractivity contribution in [2.24, 2.45) is 0 Å². The smallest absolute Gasteiger partial charge is 0.402 e. The summed E-state index contributed by atoms with van der Waals surface area (Å²) in [5.41, 5.74) is 0.731. The highest BCUT2D eigenvalue weighted by Gasteiger charge is 2.26. The van der Waals surface area contributed by atoms with Crippen molar-refractivity contribution >= 4 is 5.97 Å². The summed E-state index contributed by atoms with van der Waals surface area (Å²) in [6.45, 7) is 1.73. The Kier molecular flexibility index (Phi) is 3.14. The first kappa shape index (κ1) is 12.3. The van der Waals surface area contributed by atoms with Gasteiger partial charge in [-0.1, -0.05) is 6.08 Å². The van der Waals surface area contributed by atoms with Crippen molar-refractivity contribution < 1.29 is 19.0 Å². The summed E-state index contributed by atoms with van der Waals surface area (Å²) in [5.74, 6) is -1.90. The second-order valence-electron chi connectivity index (χ2n) is 4.18. The van der Waals surface area contributed by atoms with E-state index in [1.165, 1.54) is 18.2 Å². The van der Waals surface area contributed by atoms with Gasteiger partial charge in [0.15, 0.2) is 0 Å². The molecule has 1 unspecified atom stereocenters. The Morgan fingerprint density at radius 3 is 2.83 bits per heavy atom. The number of hydrogen-bond donors (Lipinski definition) is 1. The molecule has 0 radical (unpaired) electrons. The van der Waals surface area contributed by atoms with E-state index in [1.807, 2.05) is 0 Å².